The molecule has 0 unspecified atom stereocenters. The molecule has 2 nitrogen and oxygen atoms in total. The zero-order chi connectivity index (χ0) is 17.3. The van der Waals surface area contributed by atoms with Gasteiger partial charge in [-0.25, -0.2) is 0 Å². The molecular formula is C22H18NOP. The lowest BCUT2D eigenvalue weighted by Crippen LogP contribution is -2.25. The Hall–Kier alpha value is -2.70. The number of aromatic nitrogens is 1. The number of benzene rings is 3. The molecule has 1 heterocycles. The number of hydrogen-bond donors (Lipinski definition) is 0. The van der Waals surface area contributed by atoms with Crippen molar-refractivity contribution >= 4 is 34.0 Å². The third-order valence-electron chi connectivity index (χ3n) is 4.55. The Morgan fingerprint density at radius 2 is 1.32 bits per heavy atom. The van der Waals surface area contributed by atoms with Crippen molar-refractivity contribution in [3.63, 3.8) is 0 Å². The van der Waals surface area contributed by atoms with Gasteiger partial charge in [-0.2, -0.15) is 0 Å². The fourth-order valence-electron chi connectivity index (χ4n) is 3.19. The Balaban J connectivity index is 2.03. The van der Waals surface area contributed by atoms with Crippen LogP contribution in [0.4, 0.5) is 0 Å². The van der Waals surface area contributed by atoms with E-state index in [-0.39, 0.29) is 0 Å². The zero-order valence-electron chi connectivity index (χ0n) is 14.0. The van der Waals surface area contributed by atoms with E-state index in [2.05, 4.69) is 11.9 Å². The van der Waals surface area contributed by atoms with Crippen LogP contribution < -0.4 is 15.9 Å². The van der Waals surface area contributed by atoms with Crippen molar-refractivity contribution in [1.82, 2.24) is 4.98 Å². The third kappa shape index (κ3) is 2.69. The highest BCUT2D eigenvalue weighted by Gasteiger charge is 2.29. The highest BCUT2D eigenvalue weighted by molar-refractivity contribution is 7.85. The van der Waals surface area contributed by atoms with Crippen molar-refractivity contribution in [2.24, 2.45) is 0 Å². The van der Waals surface area contributed by atoms with E-state index < -0.39 is 7.14 Å². The van der Waals surface area contributed by atoms with Crippen LogP contribution in [0.2, 0.25) is 0 Å². The van der Waals surface area contributed by atoms with Crippen molar-refractivity contribution < 1.29 is 4.57 Å². The van der Waals surface area contributed by atoms with Gasteiger partial charge in [-0.05, 0) is 36.8 Å². The van der Waals surface area contributed by atoms with Crippen molar-refractivity contribution in [2.45, 2.75) is 6.92 Å². The van der Waals surface area contributed by atoms with E-state index in [1.807, 2.05) is 91.1 Å². The molecule has 0 saturated heterocycles. The molecule has 0 atom stereocenters. The first kappa shape index (κ1) is 15.8. The SMILES string of the molecule is Cc1ccnc2ccc(P(=O)(c3ccccc3)c3ccccc3)cc12. The van der Waals surface area contributed by atoms with Gasteiger partial charge >= 0.3 is 0 Å². The maximum absolute atomic E-state index is 14.4. The normalized spacial score (nSPS) is 11.6. The fraction of sp³-hybridized carbons (Fsp3) is 0.0455. The average Bonchev–Trinajstić information content (AvgIpc) is 2.69. The number of nitrogens with zero attached hydrogens (tertiary/aromatic N) is 1. The number of pyridine rings is 1. The van der Waals surface area contributed by atoms with E-state index in [0.29, 0.717) is 0 Å². The van der Waals surface area contributed by atoms with Gasteiger partial charge < -0.3 is 4.57 Å². The van der Waals surface area contributed by atoms with Crippen LogP contribution in [-0.4, -0.2) is 4.98 Å². The van der Waals surface area contributed by atoms with Gasteiger partial charge in [-0.15, -0.1) is 0 Å². The largest absolute Gasteiger partial charge is 0.309 e. The highest BCUT2D eigenvalue weighted by Crippen LogP contribution is 2.42. The summed E-state index contributed by atoms with van der Waals surface area (Å²) < 4.78 is 14.4. The summed E-state index contributed by atoms with van der Waals surface area (Å²) in [5.74, 6) is 0. The lowest BCUT2D eigenvalue weighted by Gasteiger charge is -2.20. The van der Waals surface area contributed by atoms with Crippen LogP contribution in [0, 0.1) is 6.92 Å². The second-order valence-corrected chi connectivity index (χ2v) is 8.88. The summed E-state index contributed by atoms with van der Waals surface area (Å²) in [5, 5.41) is 3.59. The molecule has 4 aromatic rings. The minimum absolute atomic E-state index is 0.841. The second-order valence-electron chi connectivity index (χ2n) is 6.11. The third-order valence-corrected chi connectivity index (χ3v) is 7.60. The molecule has 3 heteroatoms. The quantitative estimate of drug-likeness (QED) is 0.522. The van der Waals surface area contributed by atoms with Gasteiger partial charge in [0, 0.05) is 27.5 Å². The number of hydrogen-bond acceptors (Lipinski definition) is 2. The summed E-state index contributed by atoms with van der Waals surface area (Å²) in [6.07, 6.45) is 1.81. The Labute approximate surface area is 147 Å². The van der Waals surface area contributed by atoms with E-state index in [4.69, 9.17) is 0 Å². The molecule has 0 aliphatic carbocycles. The van der Waals surface area contributed by atoms with Crippen LogP contribution in [0.5, 0.6) is 0 Å². The monoisotopic (exact) mass is 343 g/mol. The molecule has 4 rings (SSSR count). The maximum atomic E-state index is 14.4. The smallest absolute Gasteiger partial charge is 0.171 e. The number of fused-ring (bicyclic) bond motifs is 1. The first-order valence-electron chi connectivity index (χ1n) is 8.27. The summed E-state index contributed by atoms with van der Waals surface area (Å²) in [6, 6.07) is 27.4. The Kier molecular flexibility index (Phi) is 3.99. The van der Waals surface area contributed by atoms with Gasteiger partial charge in [0.1, 0.15) is 0 Å². The van der Waals surface area contributed by atoms with Crippen molar-refractivity contribution in [3.8, 4) is 0 Å². The molecule has 0 aliphatic heterocycles. The topological polar surface area (TPSA) is 30.0 Å². The molecule has 0 fully saturated rings. The van der Waals surface area contributed by atoms with Crippen LogP contribution in [0.15, 0.2) is 91.1 Å². The zero-order valence-corrected chi connectivity index (χ0v) is 14.9. The minimum atomic E-state index is -2.93. The molecule has 0 aliphatic rings. The van der Waals surface area contributed by atoms with Crippen LogP contribution in [-0.2, 0) is 4.57 Å². The second kappa shape index (κ2) is 6.31. The van der Waals surface area contributed by atoms with Crippen LogP contribution in [0.25, 0.3) is 10.9 Å². The summed E-state index contributed by atoms with van der Waals surface area (Å²) in [6.45, 7) is 2.06. The Morgan fingerprint density at radius 3 is 1.92 bits per heavy atom. The lowest BCUT2D eigenvalue weighted by atomic mass is 10.1. The van der Waals surface area contributed by atoms with Crippen molar-refractivity contribution in [3.05, 3.63) is 96.7 Å². The Bertz CT molecular complexity index is 1030. The molecule has 0 saturated carbocycles. The molecule has 122 valence electrons. The highest BCUT2D eigenvalue weighted by atomic mass is 31.2. The van der Waals surface area contributed by atoms with Gasteiger partial charge in [0.05, 0.1) is 5.52 Å². The number of rotatable bonds is 3. The number of aryl methyl sites for hydroxylation is 1. The molecular weight excluding hydrogens is 325 g/mol. The van der Waals surface area contributed by atoms with Crippen LogP contribution >= 0.6 is 7.14 Å². The average molecular weight is 343 g/mol. The first-order chi connectivity index (χ1) is 12.2. The predicted octanol–water partition coefficient (Wildman–Crippen LogP) is 4.18. The van der Waals surface area contributed by atoms with Gasteiger partial charge in [0.2, 0.25) is 0 Å². The predicted molar refractivity (Wildman–Crippen MR) is 106 cm³/mol. The van der Waals surface area contributed by atoms with E-state index >= 15 is 0 Å². The molecule has 1 aromatic heterocycles. The van der Waals surface area contributed by atoms with Crippen LogP contribution in [0.1, 0.15) is 5.56 Å². The molecule has 0 N–H and O–H groups in total. The van der Waals surface area contributed by atoms with Gasteiger partial charge in [-0.3, -0.25) is 4.98 Å². The lowest BCUT2D eigenvalue weighted by molar-refractivity contribution is 0.592. The molecule has 3 aromatic carbocycles. The Morgan fingerprint density at radius 1 is 0.720 bits per heavy atom. The van der Waals surface area contributed by atoms with Crippen molar-refractivity contribution in [2.75, 3.05) is 0 Å². The molecule has 0 radical (unpaired) electrons. The molecule has 0 bridgehead atoms. The minimum Gasteiger partial charge on any atom is -0.309 e. The standard InChI is InChI=1S/C22H18NOP/c1-17-14-15-23-22-13-12-20(16-21(17)22)25(24,18-8-4-2-5-9-18)19-10-6-3-7-11-19/h2-16H,1H3. The first-order valence-corrected chi connectivity index (χ1v) is 9.97. The summed E-state index contributed by atoms with van der Waals surface area (Å²) >= 11 is 0. The van der Waals surface area contributed by atoms with Gasteiger partial charge in [-0.1, -0.05) is 60.7 Å². The van der Waals surface area contributed by atoms with E-state index in [1.165, 1.54) is 0 Å². The maximum Gasteiger partial charge on any atom is 0.171 e. The summed E-state index contributed by atoms with van der Waals surface area (Å²) in [4.78, 5) is 4.42. The molecule has 25 heavy (non-hydrogen) atoms. The molecule has 0 amide bonds. The van der Waals surface area contributed by atoms with E-state index in [1.54, 1.807) is 0 Å². The summed E-state index contributed by atoms with van der Waals surface area (Å²) in [7, 11) is -2.93. The van der Waals surface area contributed by atoms with Gasteiger partial charge in [0.25, 0.3) is 0 Å². The van der Waals surface area contributed by atoms with Crippen LogP contribution in [0.3, 0.4) is 0 Å². The summed E-state index contributed by atoms with van der Waals surface area (Å²) in [5.41, 5.74) is 2.07. The molecule has 0 spiro atoms. The van der Waals surface area contributed by atoms with E-state index in [9.17, 15) is 4.57 Å². The van der Waals surface area contributed by atoms with Crippen molar-refractivity contribution in [1.29, 1.82) is 0 Å². The van der Waals surface area contributed by atoms with E-state index in [0.717, 1.165) is 32.4 Å². The van der Waals surface area contributed by atoms with Gasteiger partial charge in [0.15, 0.2) is 7.14 Å². The fourth-order valence-corrected chi connectivity index (χ4v) is 5.86.